The van der Waals surface area contributed by atoms with Gasteiger partial charge >= 0.3 is 5.97 Å². The minimum absolute atomic E-state index is 0.239. The molecular formula is C15H16FN3O2. The van der Waals surface area contributed by atoms with Crippen LogP contribution >= 0.6 is 0 Å². The van der Waals surface area contributed by atoms with Gasteiger partial charge in [0, 0.05) is 12.7 Å². The fraction of sp³-hybridized carbons (Fsp3) is 0.200. The fourth-order valence-electron chi connectivity index (χ4n) is 1.92. The van der Waals surface area contributed by atoms with E-state index in [0.717, 1.165) is 5.56 Å². The Morgan fingerprint density at radius 3 is 2.95 bits per heavy atom. The zero-order valence-electron chi connectivity index (χ0n) is 11.6. The van der Waals surface area contributed by atoms with Crippen molar-refractivity contribution < 1.29 is 13.9 Å². The van der Waals surface area contributed by atoms with E-state index in [2.05, 4.69) is 15.0 Å². The molecule has 2 aromatic rings. The van der Waals surface area contributed by atoms with Crippen molar-refractivity contribution >= 4 is 17.5 Å². The monoisotopic (exact) mass is 289 g/mol. The fourth-order valence-corrected chi connectivity index (χ4v) is 1.92. The molecule has 0 aliphatic carbocycles. The Bertz CT molecular complexity index is 647. The zero-order valence-corrected chi connectivity index (χ0v) is 11.6. The largest absolute Gasteiger partial charge is 0.465 e. The van der Waals surface area contributed by atoms with Crippen LogP contribution in [0.1, 0.15) is 15.9 Å². The molecule has 3 N–H and O–H groups in total. The average Bonchev–Trinajstić information content (AvgIpc) is 2.48. The highest BCUT2D eigenvalue weighted by molar-refractivity contribution is 5.97. The number of ether oxygens (including phenoxy) is 1. The number of nitrogen functional groups attached to an aromatic ring is 1. The highest BCUT2D eigenvalue weighted by Crippen LogP contribution is 2.20. The first-order valence-corrected chi connectivity index (χ1v) is 6.43. The highest BCUT2D eigenvalue weighted by atomic mass is 19.1. The van der Waals surface area contributed by atoms with Gasteiger partial charge in [-0.25, -0.2) is 14.2 Å². The van der Waals surface area contributed by atoms with Crippen LogP contribution in [0, 0.1) is 5.82 Å². The third-order valence-corrected chi connectivity index (χ3v) is 2.99. The number of nitrogens with two attached hydrogens (primary N) is 1. The van der Waals surface area contributed by atoms with Crippen molar-refractivity contribution in [3.63, 3.8) is 0 Å². The Kier molecular flexibility index (Phi) is 4.71. The molecular weight excluding hydrogens is 273 g/mol. The average molecular weight is 289 g/mol. The van der Waals surface area contributed by atoms with Gasteiger partial charge in [0.05, 0.1) is 18.4 Å². The molecule has 0 bridgehead atoms. The van der Waals surface area contributed by atoms with Crippen LogP contribution in [0.2, 0.25) is 0 Å². The summed E-state index contributed by atoms with van der Waals surface area (Å²) in [4.78, 5) is 15.6. The summed E-state index contributed by atoms with van der Waals surface area (Å²) in [6.45, 7) is 0.519. The summed E-state index contributed by atoms with van der Waals surface area (Å²) in [5.74, 6) is -0.366. The summed E-state index contributed by atoms with van der Waals surface area (Å²) in [5, 5.41) is 3.03. The van der Waals surface area contributed by atoms with Crippen molar-refractivity contribution in [1.82, 2.24) is 4.98 Å². The SMILES string of the molecule is COC(=O)c1ccnc(NCCc2cccc(F)c2)c1N. The topological polar surface area (TPSA) is 77.2 Å². The van der Waals surface area contributed by atoms with Crippen molar-refractivity contribution in [3.05, 3.63) is 53.5 Å². The van der Waals surface area contributed by atoms with Gasteiger partial charge in [-0.2, -0.15) is 0 Å². The number of anilines is 2. The molecule has 1 aromatic carbocycles. The number of nitrogens with one attached hydrogen (secondary N) is 1. The number of rotatable bonds is 5. The molecule has 0 saturated carbocycles. The molecule has 0 spiro atoms. The van der Waals surface area contributed by atoms with Crippen LogP contribution in [0.5, 0.6) is 0 Å². The lowest BCUT2D eigenvalue weighted by atomic mass is 10.1. The number of hydrogen-bond acceptors (Lipinski definition) is 5. The molecule has 1 aromatic heterocycles. The Labute approximate surface area is 121 Å². The molecule has 0 atom stereocenters. The first kappa shape index (κ1) is 14.8. The van der Waals surface area contributed by atoms with Crippen LogP contribution in [-0.2, 0) is 11.2 Å². The van der Waals surface area contributed by atoms with E-state index in [1.165, 1.54) is 31.5 Å². The van der Waals surface area contributed by atoms with Gasteiger partial charge in [0.25, 0.3) is 0 Å². The number of hydrogen-bond donors (Lipinski definition) is 2. The molecule has 5 nitrogen and oxygen atoms in total. The number of benzene rings is 1. The van der Waals surface area contributed by atoms with E-state index in [9.17, 15) is 9.18 Å². The Morgan fingerprint density at radius 1 is 1.43 bits per heavy atom. The van der Waals surface area contributed by atoms with Gasteiger partial charge in [-0.3, -0.25) is 0 Å². The Balaban J connectivity index is 2.02. The van der Waals surface area contributed by atoms with Crippen molar-refractivity contribution in [2.45, 2.75) is 6.42 Å². The lowest BCUT2D eigenvalue weighted by molar-refractivity contribution is 0.0602. The van der Waals surface area contributed by atoms with Crippen LogP contribution in [0.25, 0.3) is 0 Å². The van der Waals surface area contributed by atoms with Crippen molar-refractivity contribution in [3.8, 4) is 0 Å². The van der Waals surface area contributed by atoms with E-state index < -0.39 is 5.97 Å². The number of methoxy groups -OCH3 is 1. The second-order valence-electron chi connectivity index (χ2n) is 4.42. The maximum Gasteiger partial charge on any atom is 0.340 e. The predicted octanol–water partition coefficient (Wildman–Crippen LogP) is 2.24. The highest BCUT2D eigenvalue weighted by Gasteiger charge is 2.13. The summed E-state index contributed by atoms with van der Waals surface area (Å²) >= 11 is 0. The second-order valence-corrected chi connectivity index (χ2v) is 4.42. The molecule has 0 radical (unpaired) electrons. The molecule has 6 heteroatoms. The van der Waals surface area contributed by atoms with Gasteiger partial charge in [0.1, 0.15) is 11.6 Å². The minimum Gasteiger partial charge on any atom is -0.465 e. The van der Waals surface area contributed by atoms with Crippen LogP contribution in [0.4, 0.5) is 15.9 Å². The maximum absolute atomic E-state index is 13.1. The third-order valence-electron chi connectivity index (χ3n) is 2.99. The molecule has 0 amide bonds. The van der Waals surface area contributed by atoms with Gasteiger partial charge in [0.15, 0.2) is 0 Å². The van der Waals surface area contributed by atoms with Gasteiger partial charge in [-0.05, 0) is 30.2 Å². The molecule has 0 fully saturated rings. The van der Waals surface area contributed by atoms with E-state index in [4.69, 9.17) is 5.73 Å². The first-order chi connectivity index (χ1) is 10.1. The minimum atomic E-state index is -0.511. The van der Waals surface area contributed by atoms with Crippen LogP contribution in [-0.4, -0.2) is 24.6 Å². The second kappa shape index (κ2) is 6.69. The van der Waals surface area contributed by atoms with Gasteiger partial charge in [0.2, 0.25) is 0 Å². The molecule has 0 aliphatic heterocycles. The summed E-state index contributed by atoms with van der Waals surface area (Å²) in [7, 11) is 1.29. The van der Waals surface area contributed by atoms with Gasteiger partial charge < -0.3 is 15.8 Å². The lowest BCUT2D eigenvalue weighted by Gasteiger charge is -2.10. The number of esters is 1. The summed E-state index contributed by atoms with van der Waals surface area (Å²) in [6.07, 6.45) is 2.09. The smallest absolute Gasteiger partial charge is 0.340 e. The van der Waals surface area contributed by atoms with Crippen LogP contribution in [0.3, 0.4) is 0 Å². The quantitative estimate of drug-likeness (QED) is 0.825. The predicted molar refractivity (Wildman–Crippen MR) is 78.6 cm³/mol. The number of carbonyl (C=O) groups is 1. The number of halogens is 1. The molecule has 0 saturated heterocycles. The van der Waals surface area contributed by atoms with Crippen molar-refractivity contribution in [2.75, 3.05) is 24.7 Å². The van der Waals surface area contributed by atoms with Crippen molar-refractivity contribution in [1.29, 1.82) is 0 Å². The summed E-state index contributed by atoms with van der Waals surface area (Å²) < 4.78 is 17.7. The number of nitrogens with zero attached hydrogens (tertiary/aromatic N) is 1. The number of pyridine rings is 1. The molecule has 2 rings (SSSR count). The van der Waals surface area contributed by atoms with Crippen LogP contribution < -0.4 is 11.1 Å². The molecule has 0 unspecified atom stereocenters. The first-order valence-electron chi connectivity index (χ1n) is 6.43. The van der Waals surface area contributed by atoms with E-state index in [1.807, 2.05) is 6.07 Å². The Morgan fingerprint density at radius 2 is 2.24 bits per heavy atom. The maximum atomic E-state index is 13.1. The molecule has 110 valence electrons. The standard InChI is InChI=1S/C15H16FN3O2/c1-21-15(20)12-6-8-19-14(13(12)17)18-7-5-10-3-2-4-11(16)9-10/h2-4,6,8-9H,5,7,17H2,1H3,(H,18,19). The van der Waals surface area contributed by atoms with Crippen LogP contribution in [0.15, 0.2) is 36.5 Å². The lowest BCUT2D eigenvalue weighted by Crippen LogP contribution is -2.12. The van der Waals surface area contributed by atoms with Crippen molar-refractivity contribution in [2.24, 2.45) is 0 Å². The summed E-state index contributed by atoms with van der Waals surface area (Å²) in [5.41, 5.74) is 7.25. The normalized spacial score (nSPS) is 10.2. The molecule has 1 heterocycles. The van der Waals surface area contributed by atoms with E-state index in [-0.39, 0.29) is 17.1 Å². The third kappa shape index (κ3) is 3.68. The van der Waals surface area contributed by atoms with E-state index >= 15 is 0 Å². The Hall–Kier alpha value is -2.63. The summed E-state index contributed by atoms with van der Waals surface area (Å²) in [6, 6.07) is 7.88. The number of carbonyl (C=O) groups excluding carboxylic acids is 1. The van der Waals surface area contributed by atoms with Gasteiger partial charge in [-0.15, -0.1) is 0 Å². The number of aromatic nitrogens is 1. The van der Waals surface area contributed by atoms with E-state index in [1.54, 1.807) is 6.07 Å². The zero-order chi connectivity index (χ0) is 15.2. The van der Waals surface area contributed by atoms with E-state index in [0.29, 0.717) is 18.8 Å². The molecule has 0 aliphatic rings. The van der Waals surface area contributed by atoms with Gasteiger partial charge in [-0.1, -0.05) is 12.1 Å². The molecule has 21 heavy (non-hydrogen) atoms.